The Bertz CT molecular complexity index is 302. The van der Waals surface area contributed by atoms with Crippen molar-refractivity contribution >= 4 is 11.8 Å². The number of carbonyl (C=O) groups is 1. The van der Waals surface area contributed by atoms with E-state index in [1.165, 1.54) is 0 Å². The predicted octanol–water partition coefficient (Wildman–Crippen LogP) is 0.258. The molecule has 0 aromatic carbocycles. The highest BCUT2D eigenvalue weighted by atomic mass is 16.4. The van der Waals surface area contributed by atoms with Gasteiger partial charge in [0.25, 0.3) is 0 Å². The second-order valence-electron chi connectivity index (χ2n) is 3.97. The minimum Gasteiger partial charge on any atom is -0.481 e. The highest BCUT2D eigenvalue weighted by Gasteiger charge is 2.36. The lowest BCUT2D eigenvalue weighted by Gasteiger charge is -2.33. The molecule has 1 rings (SSSR count). The summed E-state index contributed by atoms with van der Waals surface area (Å²) in [5.41, 5.74) is 0. The summed E-state index contributed by atoms with van der Waals surface area (Å²) in [6, 6.07) is 0. The van der Waals surface area contributed by atoms with Gasteiger partial charge in [-0.05, 0) is 0 Å². The van der Waals surface area contributed by atoms with Crippen LogP contribution in [0.3, 0.4) is 0 Å². The number of hydrogen-bond donors (Lipinski definition) is 2. The smallest absolute Gasteiger partial charge is 0.309 e. The lowest BCUT2D eigenvalue weighted by atomic mass is 10.2. The van der Waals surface area contributed by atoms with Crippen molar-refractivity contribution < 1.29 is 19.5 Å². The van der Waals surface area contributed by atoms with Gasteiger partial charge in [0, 0.05) is 0 Å². The average Bonchev–Trinajstić information content (AvgIpc) is 2.61. The zero-order valence-electron chi connectivity index (χ0n) is 9.43. The van der Waals surface area contributed by atoms with Crippen LogP contribution in [-0.2, 0) is 4.79 Å². The monoisotopic (exact) mass is 227 g/mol. The van der Waals surface area contributed by atoms with E-state index >= 15 is 0 Å². The third-order valence-corrected chi connectivity index (χ3v) is 2.98. The molecule has 0 amide bonds. The molecule has 0 fully saturated rings. The Morgan fingerprint density at radius 3 is 2.88 bits per heavy atom. The lowest BCUT2D eigenvalue weighted by Crippen LogP contribution is -2.53. The van der Waals surface area contributed by atoms with Crippen LogP contribution >= 0.6 is 0 Å². The van der Waals surface area contributed by atoms with Crippen LogP contribution in [0.4, 0.5) is 0 Å². The number of hydrogen-bond acceptors (Lipinski definition) is 3. The van der Waals surface area contributed by atoms with E-state index in [1.54, 1.807) is 6.08 Å². The predicted molar refractivity (Wildman–Crippen MR) is 61.3 cm³/mol. The minimum absolute atomic E-state index is 0.0514. The number of quaternary nitrogens is 1. The fourth-order valence-electron chi connectivity index (χ4n) is 2.13. The van der Waals surface area contributed by atoms with E-state index in [0.29, 0.717) is 30.5 Å². The molecule has 2 N–H and O–H groups in total. The SMILES string of the molecule is C=CCC1=NCC[N+]1(CCO)CCC(=O)O. The van der Waals surface area contributed by atoms with Crippen molar-refractivity contribution in [2.24, 2.45) is 4.99 Å². The molecule has 1 aliphatic rings. The minimum atomic E-state index is -0.805. The molecule has 0 aliphatic carbocycles. The molecular weight excluding hydrogens is 208 g/mol. The second-order valence-corrected chi connectivity index (χ2v) is 3.97. The number of aliphatic imine (C=N–C) groups is 1. The third kappa shape index (κ3) is 2.90. The normalized spacial score (nSPS) is 24.2. The van der Waals surface area contributed by atoms with Crippen molar-refractivity contribution in [3.63, 3.8) is 0 Å². The van der Waals surface area contributed by atoms with E-state index in [1.807, 2.05) is 0 Å². The zero-order valence-corrected chi connectivity index (χ0v) is 9.43. The highest BCUT2D eigenvalue weighted by molar-refractivity contribution is 5.78. The molecule has 0 spiro atoms. The maximum atomic E-state index is 10.6. The van der Waals surface area contributed by atoms with Gasteiger partial charge in [-0.15, -0.1) is 6.58 Å². The molecule has 1 atom stereocenters. The zero-order chi connectivity index (χ0) is 12.0. The van der Waals surface area contributed by atoms with Crippen LogP contribution in [0.1, 0.15) is 12.8 Å². The van der Waals surface area contributed by atoms with Gasteiger partial charge in [0.05, 0.1) is 32.5 Å². The maximum absolute atomic E-state index is 10.6. The molecule has 0 aromatic heterocycles. The van der Waals surface area contributed by atoms with Crippen LogP contribution in [0.25, 0.3) is 0 Å². The van der Waals surface area contributed by atoms with Crippen molar-refractivity contribution in [3.05, 3.63) is 12.7 Å². The van der Waals surface area contributed by atoms with Crippen LogP contribution in [0.2, 0.25) is 0 Å². The number of amidine groups is 1. The van der Waals surface area contributed by atoms with Crippen molar-refractivity contribution in [1.29, 1.82) is 0 Å². The van der Waals surface area contributed by atoms with Crippen LogP contribution in [-0.4, -0.2) is 59.3 Å². The summed E-state index contributed by atoms with van der Waals surface area (Å²) in [4.78, 5) is 15.0. The van der Waals surface area contributed by atoms with E-state index < -0.39 is 5.97 Å². The van der Waals surface area contributed by atoms with E-state index in [0.717, 1.165) is 12.4 Å². The van der Waals surface area contributed by atoms with Crippen LogP contribution in [0.5, 0.6) is 0 Å². The van der Waals surface area contributed by atoms with Crippen LogP contribution < -0.4 is 0 Å². The molecule has 0 radical (unpaired) electrons. The van der Waals surface area contributed by atoms with E-state index in [2.05, 4.69) is 11.6 Å². The van der Waals surface area contributed by atoms with Crippen molar-refractivity contribution in [2.45, 2.75) is 12.8 Å². The van der Waals surface area contributed by atoms with Gasteiger partial charge >= 0.3 is 5.97 Å². The Kier molecular flexibility index (Phi) is 4.64. The molecule has 0 bridgehead atoms. The largest absolute Gasteiger partial charge is 0.481 e. The van der Waals surface area contributed by atoms with Gasteiger partial charge in [0.2, 0.25) is 5.84 Å². The molecule has 0 saturated heterocycles. The third-order valence-electron chi connectivity index (χ3n) is 2.98. The van der Waals surface area contributed by atoms with Gasteiger partial charge in [-0.2, -0.15) is 0 Å². The summed E-state index contributed by atoms with van der Waals surface area (Å²) in [7, 11) is 0. The number of nitrogens with zero attached hydrogens (tertiary/aromatic N) is 2. The Morgan fingerprint density at radius 2 is 2.31 bits per heavy atom. The van der Waals surface area contributed by atoms with Gasteiger partial charge < -0.3 is 10.2 Å². The molecule has 1 aliphatic heterocycles. The molecule has 0 aromatic rings. The van der Waals surface area contributed by atoms with Crippen molar-refractivity contribution in [3.8, 4) is 0 Å². The molecule has 16 heavy (non-hydrogen) atoms. The quantitative estimate of drug-likeness (QED) is 0.484. The molecule has 5 heteroatoms. The van der Waals surface area contributed by atoms with E-state index in [9.17, 15) is 4.79 Å². The Morgan fingerprint density at radius 1 is 1.56 bits per heavy atom. The molecule has 1 heterocycles. The summed E-state index contributed by atoms with van der Waals surface area (Å²) in [5, 5.41) is 17.8. The fourth-order valence-corrected chi connectivity index (χ4v) is 2.13. The molecular formula is C11H19N2O3+. The number of aliphatic hydroxyl groups is 1. The van der Waals surface area contributed by atoms with Crippen LogP contribution in [0.15, 0.2) is 17.6 Å². The van der Waals surface area contributed by atoms with Gasteiger partial charge in [-0.25, -0.2) is 4.99 Å². The highest BCUT2D eigenvalue weighted by Crippen LogP contribution is 2.18. The Hall–Kier alpha value is -1.20. The Balaban J connectivity index is 2.74. The summed E-state index contributed by atoms with van der Waals surface area (Å²) in [5.74, 6) is 0.144. The van der Waals surface area contributed by atoms with Crippen molar-refractivity contribution in [2.75, 3.05) is 32.8 Å². The van der Waals surface area contributed by atoms with Gasteiger partial charge in [-0.1, -0.05) is 6.08 Å². The number of carboxylic acids is 1. The molecule has 90 valence electrons. The van der Waals surface area contributed by atoms with E-state index in [-0.39, 0.29) is 13.0 Å². The summed E-state index contributed by atoms with van der Waals surface area (Å²) in [6.45, 7) is 6.27. The summed E-state index contributed by atoms with van der Waals surface area (Å²) < 4.78 is 0.509. The number of aliphatic hydroxyl groups excluding tert-OH is 1. The topological polar surface area (TPSA) is 69.9 Å². The molecule has 1 unspecified atom stereocenters. The molecule has 0 saturated carbocycles. The van der Waals surface area contributed by atoms with Gasteiger partial charge in [0.1, 0.15) is 13.1 Å². The van der Waals surface area contributed by atoms with Gasteiger partial charge in [-0.3, -0.25) is 9.28 Å². The standard InChI is InChI=1S/C11H18N2O3/c1-2-3-10-12-5-7-13(10,8-9-14)6-4-11(15)16/h2,14H,1,3-9H2/p+1. The lowest BCUT2D eigenvalue weighted by molar-refractivity contribution is -0.836. The molecule has 5 nitrogen and oxygen atoms in total. The average molecular weight is 227 g/mol. The first-order valence-corrected chi connectivity index (χ1v) is 5.48. The fraction of sp³-hybridized carbons (Fsp3) is 0.636. The number of aliphatic carboxylic acids is 1. The maximum Gasteiger partial charge on any atom is 0.309 e. The first-order chi connectivity index (χ1) is 7.64. The second kappa shape index (κ2) is 5.77. The first-order valence-electron chi connectivity index (χ1n) is 5.48. The Labute approximate surface area is 95.3 Å². The summed E-state index contributed by atoms with van der Waals surface area (Å²) in [6.07, 6.45) is 2.55. The van der Waals surface area contributed by atoms with E-state index in [4.69, 9.17) is 10.2 Å². The number of carboxylic acid groups (broad SMARTS) is 1. The summed E-state index contributed by atoms with van der Waals surface area (Å²) >= 11 is 0. The van der Waals surface area contributed by atoms with Gasteiger partial charge in [0.15, 0.2) is 0 Å². The number of rotatable bonds is 7. The first kappa shape index (κ1) is 12.9. The van der Waals surface area contributed by atoms with Crippen molar-refractivity contribution in [1.82, 2.24) is 0 Å². The van der Waals surface area contributed by atoms with Crippen LogP contribution in [0, 0.1) is 0 Å².